The van der Waals surface area contributed by atoms with Crippen LogP contribution in [0.5, 0.6) is 0 Å². The Morgan fingerprint density at radius 1 is 1.09 bits per heavy atom. The van der Waals surface area contributed by atoms with Crippen molar-refractivity contribution < 1.29 is 22.7 Å². The van der Waals surface area contributed by atoms with E-state index in [2.05, 4.69) is 15.0 Å². The maximum Gasteiger partial charge on any atom is 0.417 e. The molecule has 32 heavy (non-hydrogen) atoms. The molecule has 0 bridgehead atoms. The number of piperazine rings is 1. The summed E-state index contributed by atoms with van der Waals surface area (Å²) < 4.78 is 44.8. The Morgan fingerprint density at radius 3 is 2.50 bits per heavy atom. The molecule has 0 atom stereocenters. The van der Waals surface area contributed by atoms with Gasteiger partial charge in [-0.2, -0.15) is 18.2 Å². The molecule has 0 aliphatic carbocycles. The van der Waals surface area contributed by atoms with Gasteiger partial charge in [0, 0.05) is 44.1 Å². The summed E-state index contributed by atoms with van der Waals surface area (Å²) in [5.74, 6) is -0.320. The van der Waals surface area contributed by atoms with Gasteiger partial charge in [-0.05, 0) is 24.3 Å². The minimum absolute atomic E-state index is 0.0550. The number of aromatic nitrogens is 1. The molecule has 8 nitrogen and oxygen atoms in total. The fourth-order valence-corrected chi connectivity index (χ4v) is 3.29. The Labute approximate surface area is 181 Å². The molecule has 4 rings (SSSR count). The fourth-order valence-electron chi connectivity index (χ4n) is 3.29. The number of nitrogens with two attached hydrogens (primary N) is 1. The zero-order valence-corrected chi connectivity index (χ0v) is 16.8. The van der Waals surface area contributed by atoms with Gasteiger partial charge in [0.2, 0.25) is 5.90 Å². The SMILES string of the molecule is NC(=Nc1ccccn1)N1CCN(/C=C2\N=C(c3ccccc3C(F)(F)F)OC2=O)CC1. The number of rotatable bonds is 3. The Morgan fingerprint density at radius 2 is 1.81 bits per heavy atom. The molecule has 166 valence electrons. The maximum absolute atomic E-state index is 13.3. The number of hydrogen-bond donors (Lipinski definition) is 1. The molecule has 11 heteroatoms. The summed E-state index contributed by atoms with van der Waals surface area (Å²) in [6, 6.07) is 10.2. The lowest BCUT2D eigenvalue weighted by molar-refractivity contribution is -0.138. The number of ether oxygens (including phenoxy) is 1. The number of carbonyl (C=O) groups excluding carboxylic acids is 1. The van der Waals surface area contributed by atoms with Crippen LogP contribution < -0.4 is 5.73 Å². The Balaban J connectivity index is 1.45. The number of alkyl halides is 3. The molecule has 2 aliphatic rings. The van der Waals surface area contributed by atoms with Gasteiger partial charge in [-0.3, -0.25) is 0 Å². The number of guanidine groups is 1. The number of halogens is 3. The van der Waals surface area contributed by atoms with Gasteiger partial charge in [-0.15, -0.1) is 0 Å². The topological polar surface area (TPSA) is 96.4 Å². The number of carbonyl (C=O) groups is 1. The van der Waals surface area contributed by atoms with Crippen LogP contribution >= 0.6 is 0 Å². The maximum atomic E-state index is 13.3. The van der Waals surface area contributed by atoms with Gasteiger partial charge in [0.05, 0.1) is 5.56 Å². The average molecular weight is 444 g/mol. The van der Waals surface area contributed by atoms with Crippen molar-refractivity contribution in [3.63, 3.8) is 0 Å². The van der Waals surface area contributed by atoms with E-state index in [1.807, 2.05) is 15.9 Å². The molecule has 0 saturated carbocycles. The third kappa shape index (κ3) is 4.71. The lowest BCUT2D eigenvalue weighted by Gasteiger charge is -2.34. The number of aliphatic imine (C=N–C) groups is 2. The van der Waals surface area contributed by atoms with Crippen molar-refractivity contribution in [1.82, 2.24) is 14.8 Å². The lowest BCUT2D eigenvalue weighted by atomic mass is 10.1. The first-order valence-corrected chi connectivity index (χ1v) is 9.75. The zero-order valence-electron chi connectivity index (χ0n) is 16.8. The van der Waals surface area contributed by atoms with Crippen molar-refractivity contribution in [2.24, 2.45) is 15.7 Å². The summed E-state index contributed by atoms with van der Waals surface area (Å²) in [5, 5.41) is 0. The van der Waals surface area contributed by atoms with E-state index in [-0.39, 0.29) is 17.2 Å². The van der Waals surface area contributed by atoms with Crippen molar-refractivity contribution >= 4 is 23.6 Å². The Bertz CT molecular complexity index is 1090. The highest BCUT2D eigenvalue weighted by Crippen LogP contribution is 2.33. The second kappa shape index (κ2) is 8.69. The second-order valence-corrected chi connectivity index (χ2v) is 7.05. The van der Waals surface area contributed by atoms with Gasteiger partial charge in [-0.25, -0.2) is 14.8 Å². The fraction of sp³-hybridized carbons (Fsp3) is 0.238. The summed E-state index contributed by atoms with van der Waals surface area (Å²) in [6.07, 6.45) is -1.47. The predicted molar refractivity (Wildman–Crippen MR) is 111 cm³/mol. The highest BCUT2D eigenvalue weighted by Gasteiger charge is 2.37. The van der Waals surface area contributed by atoms with E-state index >= 15 is 0 Å². The van der Waals surface area contributed by atoms with Crippen molar-refractivity contribution in [1.29, 1.82) is 0 Å². The molecule has 1 fully saturated rings. The van der Waals surface area contributed by atoms with Crippen LogP contribution in [0, 0.1) is 0 Å². The Kier molecular flexibility index (Phi) is 5.80. The van der Waals surface area contributed by atoms with Gasteiger partial charge in [0.15, 0.2) is 17.5 Å². The summed E-state index contributed by atoms with van der Waals surface area (Å²) in [5.41, 5.74) is 4.81. The second-order valence-electron chi connectivity index (χ2n) is 7.05. The van der Waals surface area contributed by atoms with E-state index in [4.69, 9.17) is 10.5 Å². The molecule has 2 N–H and O–H groups in total. The highest BCUT2D eigenvalue weighted by molar-refractivity contribution is 6.11. The van der Waals surface area contributed by atoms with Gasteiger partial charge in [-0.1, -0.05) is 18.2 Å². The van der Waals surface area contributed by atoms with E-state index in [0.29, 0.717) is 38.0 Å². The minimum Gasteiger partial charge on any atom is -0.402 e. The van der Waals surface area contributed by atoms with Gasteiger partial charge in [0.1, 0.15) is 0 Å². The monoisotopic (exact) mass is 444 g/mol. The van der Waals surface area contributed by atoms with Gasteiger partial charge in [0.25, 0.3) is 0 Å². The van der Waals surface area contributed by atoms with E-state index in [1.54, 1.807) is 18.3 Å². The smallest absolute Gasteiger partial charge is 0.402 e. The van der Waals surface area contributed by atoms with E-state index in [1.165, 1.54) is 24.4 Å². The molecule has 1 saturated heterocycles. The number of esters is 1. The summed E-state index contributed by atoms with van der Waals surface area (Å²) in [7, 11) is 0. The predicted octanol–water partition coefficient (Wildman–Crippen LogP) is 2.51. The molecule has 1 aromatic heterocycles. The van der Waals surface area contributed by atoms with Crippen molar-refractivity contribution in [2.45, 2.75) is 6.18 Å². The third-order valence-electron chi connectivity index (χ3n) is 4.90. The van der Waals surface area contributed by atoms with Crippen LogP contribution in [0.4, 0.5) is 19.0 Å². The molecule has 3 heterocycles. The molecular formula is C21H19F3N6O2. The minimum atomic E-state index is -4.59. The number of cyclic esters (lactones) is 1. The standard InChI is InChI=1S/C21H19F3N6O2/c22-21(23,24)15-6-2-1-5-14(15)18-27-16(19(31)32-18)13-29-9-11-30(12-10-29)20(25)28-17-7-3-4-8-26-17/h1-8,13H,9-12H2,(H2,25,26,28)/b16-13-. The molecule has 0 spiro atoms. The normalized spacial score (nSPS) is 18.7. The number of pyridine rings is 1. The van der Waals surface area contributed by atoms with Crippen LogP contribution in [0.2, 0.25) is 0 Å². The summed E-state index contributed by atoms with van der Waals surface area (Å²) in [4.78, 5) is 28.3. The van der Waals surface area contributed by atoms with Gasteiger partial charge < -0.3 is 20.3 Å². The molecule has 0 amide bonds. The van der Waals surface area contributed by atoms with Gasteiger partial charge >= 0.3 is 12.1 Å². The first-order valence-electron chi connectivity index (χ1n) is 9.75. The van der Waals surface area contributed by atoms with Crippen molar-refractivity contribution in [3.05, 3.63) is 71.7 Å². The average Bonchev–Trinajstić information content (AvgIpc) is 3.14. The van der Waals surface area contributed by atoms with Crippen LogP contribution in [-0.2, 0) is 15.7 Å². The summed E-state index contributed by atoms with van der Waals surface area (Å²) >= 11 is 0. The van der Waals surface area contributed by atoms with Crippen molar-refractivity contribution in [3.8, 4) is 0 Å². The lowest BCUT2D eigenvalue weighted by Crippen LogP contribution is -2.49. The van der Waals surface area contributed by atoms with Crippen LogP contribution in [0.15, 0.2) is 70.5 Å². The van der Waals surface area contributed by atoms with Crippen LogP contribution in [0.25, 0.3) is 0 Å². The highest BCUT2D eigenvalue weighted by atomic mass is 19.4. The Hall–Kier alpha value is -3.89. The third-order valence-corrected chi connectivity index (χ3v) is 4.90. The molecule has 0 unspecified atom stereocenters. The van der Waals surface area contributed by atoms with Crippen LogP contribution in [-0.4, -0.2) is 58.8 Å². The molecule has 0 radical (unpaired) electrons. The van der Waals surface area contributed by atoms with E-state index < -0.39 is 17.7 Å². The van der Waals surface area contributed by atoms with E-state index in [9.17, 15) is 18.0 Å². The number of benzene rings is 1. The van der Waals surface area contributed by atoms with E-state index in [0.717, 1.165) is 6.07 Å². The first-order chi connectivity index (χ1) is 15.3. The summed E-state index contributed by atoms with van der Waals surface area (Å²) in [6.45, 7) is 2.10. The molecular weight excluding hydrogens is 425 g/mol. The van der Waals surface area contributed by atoms with Crippen molar-refractivity contribution in [2.75, 3.05) is 26.2 Å². The molecule has 2 aliphatic heterocycles. The largest absolute Gasteiger partial charge is 0.417 e. The first kappa shape index (κ1) is 21.3. The van der Waals surface area contributed by atoms with Crippen LogP contribution in [0.1, 0.15) is 11.1 Å². The quantitative estimate of drug-likeness (QED) is 0.338. The number of nitrogens with zero attached hydrogens (tertiary/aromatic N) is 5. The molecule has 2 aromatic rings. The van der Waals surface area contributed by atoms with Crippen LogP contribution in [0.3, 0.4) is 0 Å². The molecule has 1 aromatic carbocycles. The zero-order chi connectivity index (χ0) is 22.7. The number of hydrogen-bond acceptors (Lipinski definition) is 6.